The number of aryl methyl sites for hydroxylation is 1. The highest BCUT2D eigenvalue weighted by atomic mass is 16.5. The molecule has 3 rings (SSSR count). The van der Waals surface area contributed by atoms with Gasteiger partial charge in [0.25, 0.3) is 5.91 Å². The zero-order valence-electron chi connectivity index (χ0n) is 18.6. The van der Waals surface area contributed by atoms with E-state index < -0.39 is 11.9 Å². The van der Waals surface area contributed by atoms with Crippen LogP contribution in [0.3, 0.4) is 0 Å². The lowest BCUT2D eigenvalue weighted by Gasteiger charge is -2.30. The summed E-state index contributed by atoms with van der Waals surface area (Å²) in [6, 6.07) is 9.77. The molecule has 32 heavy (non-hydrogen) atoms. The predicted molar refractivity (Wildman–Crippen MR) is 119 cm³/mol. The van der Waals surface area contributed by atoms with E-state index in [-0.39, 0.29) is 34.8 Å². The molecule has 0 unspecified atom stereocenters. The SMILES string of the molecule is CC(=O)Oc1ccc(C(=O)N2CCCc3cc(NC(=O)C(C)C)ccc32)c(OC(C)=O)c1. The summed E-state index contributed by atoms with van der Waals surface area (Å²) >= 11 is 0. The number of nitrogens with zero attached hydrogens (tertiary/aromatic N) is 1. The van der Waals surface area contributed by atoms with Crippen molar-refractivity contribution in [3.63, 3.8) is 0 Å². The molecule has 0 spiro atoms. The van der Waals surface area contributed by atoms with Gasteiger partial charge in [0.05, 0.1) is 5.56 Å². The first-order chi connectivity index (χ1) is 15.2. The van der Waals surface area contributed by atoms with Gasteiger partial charge in [0, 0.05) is 43.8 Å². The first-order valence-electron chi connectivity index (χ1n) is 10.4. The monoisotopic (exact) mass is 438 g/mol. The van der Waals surface area contributed by atoms with Gasteiger partial charge in [-0.2, -0.15) is 0 Å². The molecule has 1 aliphatic heterocycles. The quantitative estimate of drug-likeness (QED) is 0.564. The maximum absolute atomic E-state index is 13.4. The maximum Gasteiger partial charge on any atom is 0.308 e. The van der Waals surface area contributed by atoms with Crippen LogP contribution >= 0.6 is 0 Å². The third-order valence-electron chi connectivity index (χ3n) is 4.93. The fourth-order valence-electron chi connectivity index (χ4n) is 3.47. The molecule has 2 amide bonds. The third kappa shape index (κ3) is 5.32. The number of nitrogens with one attached hydrogen (secondary N) is 1. The second kappa shape index (κ2) is 9.64. The Hall–Kier alpha value is -3.68. The van der Waals surface area contributed by atoms with E-state index in [4.69, 9.17) is 9.47 Å². The summed E-state index contributed by atoms with van der Waals surface area (Å²) in [5.41, 5.74) is 2.54. The Bertz CT molecular complexity index is 1080. The molecule has 8 nitrogen and oxygen atoms in total. The minimum atomic E-state index is -0.594. The van der Waals surface area contributed by atoms with Crippen molar-refractivity contribution in [2.75, 3.05) is 16.8 Å². The number of hydrogen-bond acceptors (Lipinski definition) is 6. The highest BCUT2D eigenvalue weighted by molar-refractivity contribution is 6.09. The molecule has 168 valence electrons. The van der Waals surface area contributed by atoms with Gasteiger partial charge in [-0.3, -0.25) is 19.2 Å². The number of esters is 2. The van der Waals surface area contributed by atoms with Crippen LogP contribution in [-0.2, 0) is 20.8 Å². The van der Waals surface area contributed by atoms with E-state index in [0.29, 0.717) is 12.2 Å². The van der Waals surface area contributed by atoms with Gasteiger partial charge in [-0.15, -0.1) is 0 Å². The van der Waals surface area contributed by atoms with E-state index in [2.05, 4.69) is 5.32 Å². The largest absolute Gasteiger partial charge is 0.427 e. The van der Waals surface area contributed by atoms with Crippen molar-refractivity contribution in [2.45, 2.75) is 40.5 Å². The van der Waals surface area contributed by atoms with E-state index in [0.717, 1.165) is 24.1 Å². The summed E-state index contributed by atoms with van der Waals surface area (Å²) in [5.74, 6) is -1.47. The van der Waals surface area contributed by atoms with Crippen molar-refractivity contribution in [1.29, 1.82) is 0 Å². The van der Waals surface area contributed by atoms with Gasteiger partial charge in [0.1, 0.15) is 11.5 Å². The Kier molecular flexibility index (Phi) is 6.92. The van der Waals surface area contributed by atoms with E-state index in [9.17, 15) is 19.2 Å². The van der Waals surface area contributed by atoms with Crippen LogP contribution in [0.2, 0.25) is 0 Å². The van der Waals surface area contributed by atoms with Crippen LogP contribution in [0.15, 0.2) is 36.4 Å². The van der Waals surface area contributed by atoms with Crippen LogP contribution in [0.5, 0.6) is 11.5 Å². The smallest absolute Gasteiger partial charge is 0.308 e. The molecule has 2 aromatic carbocycles. The number of carbonyl (C=O) groups is 4. The molecule has 1 aliphatic rings. The van der Waals surface area contributed by atoms with Crippen molar-refractivity contribution in [3.05, 3.63) is 47.5 Å². The molecular weight excluding hydrogens is 412 g/mol. The van der Waals surface area contributed by atoms with Crippen LogP contribution in [0.1, 0.15) is 50.0 Å². The topological polar surface area (TPSA) is 102 Å². The molecule has 0 saturated heterocycles. The maximum atomic E-state index is 13.4. The van der Waals surface area contributed by atoms with Crippen molar-refractivity contribution >= 4 is 35.1 Å². The van der Waals surface area contributed by atoms with E-state index in [1.807, 2.05) is 19.9 Å². The van der Waals surface area contributed by atoms with Crippen LogP contribution in [0, 0.1) is 5.92 Å². The van der Waals surface area contributed by atoms with Crippen LogP contribution in [0.4, 0.5) is 11.4 Å². The fourth-order valence-corrected chi connectivity index (χ4v) is 3.47. The molecule has 1 heterocycles. The molecule has 1 N–H and O–H groups in total. The van der Waals surface area contributed by atoms with Gasteiger partial charge in [0.15, 0.2) is 0 Å². The zero-order chi connectivity index (χ0) is 23.4. The van der Waals surface area contributed by atoms with Gasteiger partial charge in [0.2, 0.25) is 5.91 Å². The lowest BCUT2D eigenvalue weighted by atomic mass is 9.99. The number of benzene rings is 2. The predicted octanol–water partition coefficient (Wildman–Crippen LogP) is 3.72. The van der Waals surface area contributed by atoms with E-state index in [1.54, 1.807) is 17.0 Å². The summed E-state index contributed by atoms with van der Waals surface area (Å²) in [6.07, 6.45) is 1.52. The normalized spacial score (nSPS) is 12.7. The Morgan fingerprint density at radius 1 is 0.969 bits per heavy atom. The number of hydrogen-bond donors (Lipinski definition) is 1. The lowest BCUT2D eigenvalue weighted by molar-refractivity contribution is -0.132. The second-order valence-electron chi connectivity index (χ2n) is 7.89. The average Bonchev–Trinajstić information content (AvgIpc) is 2.72. The number of carbonyl (C=O) groups excluding carboxylic acids is 4. The molecule has 0 bridgehead atoms. The molecule has 2 aromatic rings. The summed E-state index contributed by atoms with van der Waals surface area (Å²) < 4.78 is 10.3. The third-order valence-corrected chi connectivity index (χ3v) is 4.93. The highest BCUT2D eigenvalue weighted by Gasteiger charge is 2.27. The fraction of sp³-hybridized carbons (Fsp3) is 0.333. The molecule has 8 heteroatoms. The second-order valence-corrected chi connectivity index (χ2v) is 7.89. The minimum Gasteiger partial charge on any atom is -0.427 e. The number of ether oxygens (including phenoxy) is 2. The van der Waals surface area contributed by atoms with E-state index in [1.165, 1.54) is 32.0 Å². The number of fused-ring (bicyclic) bond motifs is 1. The molecule has 0 fully saturated rings. The first-order valence-corrected chi connectivity index (χ1v) is 10.4. The standard InChI is InChI=1S/C24H26N2O6/c1-14(2)23(29)25-18-7-10-21-17(12-18)6-5-11-26(21)24(30)20-9-8-19(31-15(3)27)13-22(20)32-16(4)28/h7-10,12-14H,5-6,11H2,1-4H3,(H,25,29). The summed E-state index contributed by atoms with van der Waals surface area (Å²) in [4.78, 5) is 49.9. The van der Waals surface area contributed by atoms with Crippen molar-refractivity contribution in [1.82, 2.24) is 0 Å². The van der Waals surface area contributed by atoms with Gasteiger partial charge in [-0.05, 0) is 48.7 Å². The molecule has 0 aromatic heterocycles. The van der Waals surface area contributed by atoms with Crippen LogP contribution in [-0.4, -0.2) is 30.3 Å². The Morgan fingerprint density at radius 2 is 1.69 bits per heavy atom. The molecule has 0 aliphatic carbocycles. The first kappa shape index (κ1) is 23.0. The summed E-state index contributed by atoms with van der Waals surface area (Å²) in [6.45, 7) is 6.63. The van der Waals surface area contributed by atoms with Gasteiger partial charge in [-0.25, -0.2) is 0 Å². The van der Waals surface area contributed by atoms with Crippen molar-refractivity contribution < 1.29 is 28.7 Å². The van der Waals surface area contributed by atoms with Crippen molar-refractivity contribution in [3.8, 4) is 11.5 Å². The summed E-state index contributed by atoms with van der Waals surface area (Å²) in [5, 5.41) is 2.88. The van der Waals surface area contributed by atoms with Gasteiger partial charge < -0.3 is 19.7 Å². The van der Waals surface area contributed by atoms with Crippen molar-refractivity contribution in [2.24, 2.45) is 5.92 Å². The molecular formula is C24H26N2O6. The average molecular weight is 438 g/mol. The zero-order valence-corrected chi connectivity index (χ0v) is 18.6. The number of rotatable bonds is 5. The Morgan fingerprint density at radius 3 is 2.34 bits per heavy atom. The lowest BCUT2D eigenvalue weighted by Crippen LogP contribution is -2.36. The summed E-state index contributed by atoms with van der Waals surface area (Å²) in [7, 11) is 0. The Balaban J connectivity index is 1.92. The van der Waals surface area contributed by atoms with Gasteiger partial charge in [-0.1, -0.05) is 13.8 Å². The number of amides is 2. The Labute approximate surface area is 186 Å². The van der Waals surface area contributed by atoms with Gasteiger partial charge >= 0.3 is 11.9 Å². The highest BCUT2D eigenvalue weighted by Crippen LogP contribution is 2.33. The molecule has 0 saturated carbocycles. The van der Waals surface area contributed by atoms with Crippen LogP contribution in [0.25, 0.3) is 0 Å². The van der Waals surface area contributed by atoms with E-state index >= 15 is 0 Å². The molecule has 0 radical (unpaired) electrons. The number of anilines is 2. The van der Waals surface area contributed by atoms with Crippen LogP contribution < -0.4 is 19.7 Å². The minimum absolute atomic E-state index is 0.0224. The molecule has 0 atom stereocenters.